The Hall–Kier alpha value is -1.26. The molecule has 1 saturated carbocycles. The summed E-state index contributed by atoms with van der Waals surface area (Å²) in [7, 11) is 0. The van der Waals surface area contributed by atoms with Gasteiger partial charge in [0.1, 0.15) is 5.60 Å². The zero-order chi connectivity index (χ0) is 13.8. The molecule has 0 aromatic heterocycles. The van der Waals surface area contributed by atoms with Gasteiger partial charge in [-0.1, -0.05) is 0 Å². The van der Waals surface area contributed by atoms with Crippen LogP contribution in [0.4, 0.5) is 4.79 Å². The predicted octanol–water partition coefficient (Wildman–Crippen LogP) is 2.40. The summed E-state index contributed by atoms with van der Waals surface area (Å²) in [5.41, 5.74) is 4.95. The second kappa shape index (κ2) is 6.07. The first-order valence-electron chi connectivity index (χ1n) is 6.58. The fraction of sp³-hybridized carbons (Fsp3) is 0.846. The van der Waals surface area contributed by atoms with E-state index in [2.05, 4.69) is 5.32 Å². The van der Waals surface area contributed by atoms with Crippen molar-refractivity contribution in [1.29, 1.82) is 5.41 Å². The molecule has 0 saturated heterocycles. The maximum atomic E-state index is 11.6. The van der Waals surface area contributed by atoms with E-state index in [0.29, 0.717) is 12.3 Å². The van der Waals surface area contributed by atoms with Gasteiger partial charge in [-0.15, -0.1) is 0 Å². The summed E-state index contributed by atoms with van der Waals surface area (Å²) >= 11 is 0. The lowest BCUT2D eigenvalue weighted by Gasteiger charge is -2.29. The molecule has 0 atom stereocenters. The third-order valence-electron chi connectivity index (χ3n) is 3.08. The number of hydrogen-bond donors (Lipinski definition) is 3. The molecule has 0 aliphatic heterocycles. The zero-order valence-electron chi connectivity index (χ0n) is 11.6. The van der Waals surface area contributed by atoms with Crippen molar-refractivity contribution in [3.05, 3.63) is 0 Å². The fourth-order valence-corrected chi connectivity index (χ4v) is 2.30. The van der Waals surface area contributed by atoms with E-state index in [9.17, 15) is 4.79 Å². The minimum atomic E-state index is -0.448. The lowest BCUT2D eigenvalue weighted by atomic mass is 9.84. The normalized spacial score (nSPS) is 24.4. The van der Waals surface area contributed by atoms with Gasteiger partial charge in [0, 0.05) is 12.5 Å². The van der Waals surface area contributed by atoms with Crippen molar-refractivity contribution in [1.82, 2.24) is 5.32 Å². The molecule has 4 N–H and O–H groups in total. The smallest absolute Gasteiger partial charge is 0.407 e. The molecule has 1 fully saturated rings. The van der Waals surface area contributed by atoms with Crippen LogP contribution >= 0.6 is 0 Å². The van der Waals surface area contributed by atoms with E-state index in [1.165, 1.54) is 0 Å². The summed E-state index contributed by atoms with van der Waals surface area (Å²) in [5.74, 6) is 0.762. The van der Waals surface area contributed by atoms with Crippen molar-refractivity contribution >= 4 is 11.9 Å². The lowest BCUT2D eigenvalue weighted by Crippen LogP contribution is -2.41. The van der Waals surface area contributed by atoms with Gasteiger partial charge in [0.15, 0.2) is 0 Å². The number of alkyl carbamates (subject to hydrolysis) is 1. The van der Waals surface area contributed by atoms with Gasteiger partial charge in [-0.05, 0) is 52.4 Å². The summed E-state index contributed by atoms with van der Waals surface area (Å²) in [6.07, 6.45) is 4.26. The largest absolute Gasteiger partial charge is 0.444 e. The third kappa shape index (κ3) is 5.89. The molecule has 0 aromatic carbocycles. The van der Waals surface area contributed by atoms with Gasteiger partial charge in [0.25, 0.3) is 0 Å². The monoisotopic (exact) mass is 255 g/mol. The standard InChI is InChI=1S/C13H25N3O2/c1-13(2,3)18-12(17)16-10-6-4-9(5-7-10)8-11(14)15/h9-10H,4-8H2,1-3H3,(H3,14,15)(H,16,17). The number of hydrogen-bond acceptors (Lipinski definition) is 3. The third-order valence-corrected chi connectivity index (χ3v) is 3.08. The molecule has 5 heteroatoms. The van der Waals surface area contributed by atoms with Gasteiger partial charge in [0.05, 0.1) is 5.84 Å². The Bertz CT molecular complexity index is 302. The molecule has 0 aromatic rings. The van der Waals surface area contributed by atoms with E-state index >= 15 is 0 Å². The predicted molar refractivity (Wildman–Crippen MR) is 71.6 cm³/mol. The first kappa shape index (κ1) is 14.8. The van der Waals surface area contributed by atoms with Crippen LogP contribution in [-0.2, 0) is 4.74 Å². The minimum absolute atomic E-state index is 0.197. The van der Waals surface area contributed by atoms with E-state index in [-0.39, 0.29) is 18.0 Å². The van der Waals surface area contributed by atoms with E-state index in [4.69, 9.17) is 15.9 Å². The molecule has 1 aliphatic carbocycles. The maximum absolute atomic E-state index is 11.6. The van der Waals surface area contributed by atoms with Gasteiger partial charge in [-0.25, -0.2) is 4.79 Å². The summed E-state index contributed by atoms with van der Waals surface area (Å²) in [5, 5.41) is 10.2. The summed E-state index contributed by atoms with van der Waals surface area (Å²) < 4.78 is 5.23. The van der Waals surface area contributed by atoms with Crippen LogP contribution in [0, 0.1) is 11.3 Å². The summed E-state index contributed by atoms with van der Waals surface area (Å²) in [4.78, 5) is 11.6. The van der Waals surface area contributed by atoms with Gasteiger partial charge in [0.2, 0.25) is 0 Å². The number of nitrogens with one attached hydrogen (secondary N) is 2. The first-order chi connectivity index (χ1) is 8.26. The van der Waals surface area contributed by atoms with Crippen LogP contribution in [0.1, 0.15) is 52.9 Å². The van der Waals surface area contributed by atoms with Crippen molar-refractivity contribution in [3.63, 3.8) is 0 Å². The molecule has 18 heavy (non-hydrogen) atoms. The number of carbonyl (C=O) groups is 1. The molecule has 1 aliphatic rings. The van der Waals surface area contributed by atoms with Gasteiger partial charge >= 0.3 is 6.09 Å². The number of rotatable bonds is 3. The van der Waals surface area contributed by atoms with Crippen molar-refractivity contribution in [2.24, 2.45) is 11.7 Å². The highest BCUT2D eigenvalue weighted by atomic mass is 16.6. The molecular formula is C13H25N3O2. The molecule has 0 bridgehead atoms. The molecule has 1 amide bonds. The highest BCUT2D eigenvalue weighted by Crippen LogP contribution is 2.26. The van der Waals surface area contributed by atoms with E-state index < -0.39 is 5.60 Å². The Morgan fingerprint density at radius 1 is 1.33 bits per heavy atom. The summed E-state index contributed by atoms with van der Waals surface area (Å²) in [6.45, 7) is 5.57. The SMILES string of the molecule is CC(C)(C)OC(=O)NC1CCC(CC(=N)N)CC1. The van der Waals surface area contributed by atoms with Gasteiger partial charge < -0.3 is 15.8 Å². The number of amidine groups is 1. The number of amides is 1. The molecule has 0 spiro atoms. The van der Waals surface area contributed by atoms with Crippen LogP contribution in [0.15, 0.2) is 0 Å². The topological polar surface area (TPSA) is 88.2 Å². The molecule has 0 heterocycles. The quantitative estimate of drug-likeness (QED) is 0.534. The first-order valence-corrected chi connectivity index (χ1v) is 6.58. The van der Waals surface area contributed by atoms with E-state index in [1.54, 1.807) is 0 Å². The number of nitrogens with two attached hydrogens (primary N) is 1. The van der Waals surface area contributed by atoms with Crippen molar-refractivity contribution in [2.75, 3.05) is 0 Å². The van der Waals surface area contributed by atoms with Crippen LogP contribution in [0.5, 0.6) is 0 Å². The minimum Gasteiger partial charge on any atom is -0.444 e. The maximum Gasteiger partial charge on any atom is 0.407 e. The van der Waals surface area contributed by atoms with Gasteiger partial charge in [-0.2, -0.15) is 0 Å². The van der Waals surface area contributed by atoms with Crippen molar-refractivity contribution in [2.45, 2.75) is 64.5 Å². The Kier molecular flexibility index (Phi) is 4.99. The Balaban J connectivity index is 2.27. The Morgan fingerprint density at radius 2 is 1.89 bits per heavy atom. The van der Waals surface area contributed by atoms with Crippen LogP contribution < -0.4 is 11.1 Å². The molecule has 0 radical (unpaired) electrons. The van der Waals surface area contributed by atoms with Crippen LogP contribution in [0.3, 0.4) is 0 Å². The Morgan fingerprint density at radius 3 is 2.33 bits per heavy atom. The highest BCUT2D eigenvalue weighted by Gasteiger charge is 2.24. The molecule has 5 nitrogen and oxygen atoms in total. The highest BCUT2D eigenvalue weighted by molar-refractivity contribution is 5.77. The van der Waals surface area contributed by atoms with Crippen LogP contribution in [0.25, 0.3) is 0 Å². The average molecular weight is 255 g/mol. The average Bonchev–Trinajstić information content (AvgIpc) is 2.17. The molecule has 1 rings (SSSR count). The molecule has 104 valence electrons. The Labute approximate surface area is 109 Å². The molecule has 0 unspecified atom stereocenters. The second-order valence-corrected chi connectivity index (χ2v) is 6.09. The number of carbonyl (C=O) groups excluding carboxylic acids is 1. The number of ether oxygens (including phenoxy) is 1. The van der Waals surface area contributed by atoms with Crippen molar-refractivity contribution < 1.29 is 9.53 Å². The van der Waals surface area contributed by atoms with Crippen LogP contribution in [-0.4, -0.2) is 23.6 Å². The van der Waals surface area contributed by atoms with E-state index in [0.717, 1.165) is 25.7 Å². The summed E-state index contributed by atoms with van der Waals surface area (Å²) in [6, 6.07) is 0.197. The van der Waals surface area contributed by atoms with Crippen LogP contribution in [0.2, 0.25) is 0 Å². The van der Waals surface area contributed by atoms with Crippen molar-refractivity contribution in [3.8, 4) is 0 Å². The lowest BCUT2D eigenvalue weighted by molar-refractivity contribution is 0.0487. The molecular weight excluding hydrogens is 230 g/mol. The fourth-order valence-electron chi connectivity index (χ4n) is 2.30. The zero-order valence-corrected chi connectivity index (χ0v) is 11.6. The second-order valence-electron chi connectivity index (χ2n) is 6.09. The van der Waals surface area contributed by atoms with Gasteiger partial charge in [-0.3, -0.25) is 5.41 Å². The van der Waals surface area contributed by atoms with E-state index in [1.807, 2.05) is 20.8 Å².